The third-order valence-corrected chi connectivity index (χ3v) is 2.40. The van der Waals surface area contributed by atoms with Crippen LogP contribution in [0.5, 0.6) is 0 Å². The number of carbonyl (C=O) groups is 1. The Balaban J connectivity index is 2.14. The van der Waals surface area contributed by atoms with Gasteiger partial charge in [0.15, 0.2) is 0 Å². The van der Waals surface area contributed by atoms with Crippen LogP contribution in [-0.2, 0) is 4.74 Å². The summed E-state index contributed by atoms with van der Waals surface area (Å²) in [5.41, 5.74) is -0.202. The molecule has 0 heterocycles. The highest BCUT2D eigenvalue weighted by atomic mass is 16.5. The normalized spacial score (nSPS) is 18.2. The predicted octanol–water partition coefficient (Wildman–Crippen LogP) is 2.70. The van der Waals surface area contributed by atoms with Crippen molar-refractivity contribution in [3.63, 3.8) is 0 Å². The molecule has 0 radical (unpaired) electrons. The van der Waals surface area contributed by atoms with E-state index in [1.807, 2.05) is 20.8 Å². The van der Waals surface area contributed by atoms with Crippen molar-refractivity contribution in [1.82, 2.24) is 5.32 Å². The summed E-state index contributed by atoms with van der Waals surface area (Å²) in [5.74, 6) is 0.598. The molecule has 82 valence electrons. The highest BCUT2D eigenvalue weighted by Crippen LogP contribution is 2.24. The highest BCUT2D eigenvalue weighted by Gasteiger charge is 2.19. The van der Waals surface area contributed by atoms with Gasteiger partial charge in [0.2, 0.25) is 0 Å². The molecule has 3 nitrogen and oxygen atoms in total. The Bertz CT molecular complexity index is 190. The summed E-state index contributed by atoms with van der Waals surface area (Å²) in [7, 11) is 0. The molecule has 0 saturated heterocycles. The van der Waals surface area contributed by atoms with Crippen LogP contribution in [0.1, 0.15) is 46.5 Å². The first kappa shape index (κ1) is 11.3. The molecule has 14 heavy (non-hydrogen) atoms. The number of nitrogens with one attached hydrogen (secondary N) is 1. The topological polar surface area (TPSA) is 38.3 Å². The Morgan fingerprint density at radius 2 is 1.93 bits per heavy atom. The molecule has 0 aromatic carbocycles. The minimum absolute atomic E-state index is 0.202. The average Bonchev–Trinajstić information content (AvgIpc) is 2.49. The molecule has 0 atom stereocenters. The first-order valence-electron chi connectivity index (χ1n) is 5.42. The van der Waals surface area contributed by atoms with Gasteiger partial charge in [-0.25, -0.2) is 4.79 Å². The lowest BCUT2D eigenvalue weighted by molar-refractivity contribution is 0.120. The first-order valence-corrected chi connectivity index (χ1v) is 5.42. The quantitative estimate of drug-likeness (QED) is 0.742. The van der Waals surface area contributed by atoms with E-state index in [2.05, 4.69) is 5.32 Å². The van der Waals surface area contributed by atoms with Crippen LogP contribution >= 0.6 is 0 Å². The largest absolute Gasteiger partial charge is 0.449 e. The standard InChI is InChI=1S/C11H21NO2/c1-11(2,3)12-10(13)14-8-9-6-4-5-7-9/h9H,4-8H2,1-3H3,(H,12,13). The van der Waals surface area contributed by atoms with Crippen LogP contribution in [0, 0.1) is 5.92 Å². The van der Waals surface area contributed by atoms with Crippen LogP contribution < -0.4 is 5.32 Å². The number of alkyl carbamates (subject to hydrolysis) is 1. The van der Waals surface area contributed by atoms with E-state index in [-0.39, 0.29) is 11.6 Å². The van der Waals surface area contributed by atoms with Crippen LogP contribution in [0.3, 0.4) is 0 Å². The maximum absolute atomic E-state index is 11.3. The van der Waals surface area contributed by atoms with Crippen molar-refractivity contribution in [2.45, 2.75) is 52.0 Å². The number of hydrogen-bond acceptors (Lipinski definition) is 2. The molecule has 0 unspecified atom stereocenters. The van der Waals surface area contributed by atoms with E-state index in [9.17, 15) is 4.79 Å². The van der Waals surface area contributed by atoms with Crippen molar-refractivity contribution in [1.29, 1.82) is 0 Å². The Morgan fingerprint density at radius 3 is 2.43 bits per heavy atom. The van der Waals surface area contributed by atoms with Gasteiger partial charge in [0.05, 0.1) is 6.61 Å². The van der Waals surface area contributed by atoms with Gasteiger partial charge in [-0.05, 0) is 39.5 Å². The van der Waals surface area contributed by atoms with Crippen molar-refractivity contribution >= 4 is 6.09 Å². The molecule has 1 N–H and O–H groups in total. The van der Waals surface area contributed by atoms with Crippen LogP contribution in [0.15, 0.2) is 0 Å². The van der Waals surface area contributed by atoms with E-state index in [1.165, 1.54) is 25.7 Å². The van der Waals surface area contributed by atoms with Gasteiger partial charge < -0.3 is 10.1 Å². The van der Waals surface area contributed by atoms with Gasteiger partial charge in [0.25, 0.3) is 0 Å². The summed E-state index contributed by atoms with van der Waals surface area (Å²) >= 11 is 0. The van der Waals surface area contributed by atoms with E-state index in [1.54, 1.807) is 0 Å². The number of carbonyl (C=O) groups excluding carboxylic acids is 1. The summed E-state index contributed by atoms with van der Waals surface area (Å²) in [6.45, 7) is 6.43. The highest BCUT2D eigenvalue weighted by molar-refractivity contribution is 5.68. The number of rotatable bonds is 2. The fourth-order valence-corrected chi connectivity index (χ4v) is 1.71. The molecule has 1 saturated carbocycles. The molecule has 1 fully saturated rings. The third kappa shape index (κ3) is 4.49. The summed E-state index contributed by atoms with van der Waals surface area (Å²) < 4.78 is 5.15. The van der Waals surface area contributed by atoms with Gasteiger partial charge in [0.1, 0.15) is 0 Å². The number of ether oxygens (including phenoxy) is 1. The predicted molar refractivity (Wildman–Crippen MR) is 56.2 cm³/mol. The van der Waals surface area contributed by atoms with Gasteiger partial charge in [-0.3, -0.25) is 0 Å². The van der Waals surface area contributed by atoms with Gasteiger partial charge in [-0.2, -0.15) is 0 Å². The molecule has 0 spiro atoms. The van der Waals surface area contributed by atoms with Gasteiger partial charge in [0, 0.05) is 5.54 Å². The fourth-order valence-electron chi connectivity index (χ4n) is 1.71. The van der Waals surface area contributed by atoms with E-state index in [0.29, 0.717) is 12.5 Å². The number of hydrogen-bond donors (Lipinski definition) is 1. The van der Waals surface area contributed by atoms with E-state index in [4.69, 9.17) is 4.74 Å². The molecule has 0 aliphatic heterocycles. The number of amides is 1. The molecule has 1 aliphatic carbocycles. The maximum atomic E-state index is 11.3. The van der Waals surface area contributed by atoms with Gasteiger partial charge in [-0.15, -0.1) is 0 Å². The van der Waals surface area contributed by atoms with Crippen LogP contribution in [0.2, 0.25) is 0 Å². The molecular weight excluding hydrogens is 178 g/mol. The minimum Gasteiger partial charge on any atom is -0.449 e. The van der Waals surface area contributed by atoms with Gasteiger partial charge >= 0.3 is 6.09 Å². The second kappa shape index (κ2) is 4.67. The summed E-state index contributed by atoms with van der Waals surface area (Å²) in [5, 5.41) is 2.78. The fraction of sp³-hybridized carbons (Fsp3) is 0.909. The van der Waals surface area contributed by atoms with E-state index >= 15 is 0 Å². The van der Waals surface area contributed by atoms with Crippen LogP contribution in [0.4, 0.5) is 4.79 Å². The third-order valence-electron chi connectivity index (χ3n) is 2.40. The molecule has 0 bridgehead atoms. The molecular formula is C11H21NO2. The van der Waals surface area contributed by atoms with Gasteiger partial charge in [-0.1, -0.05) is 12.8 Å². The Kier molecular flexibility index (Phi) is 3.78. The molecule has 0 aromatic heterocycles. The van der Waals surface area contributed by atoms with E-state index < -0.39 is 0 Å². The van der Waals surface area contributed by atoms with Crippen molar-refractivity contribution in [2.24, 2.45) is 5.92 Å². The Morgan fingerprint density at radius 1 is 1.36 bits per heavy atom. The van der Waals surface area contributed by atoms with Crippen molar-refractivity contribution < 1.29 is 9.53 Å². The smallest absolute Gasteiger partial charge is 0.407 e. The second-order valence-electron chi connectivity index (χ2n) is 5.12. The summed E-state index contributed by atoms with van der Waals surface area (Å²) in [6, 6.07) is 0. The van der Waals surface area contributed by atoms with Crippen molar-refractivity contribution in [3.05, 3.63) is 0 Å². The lowest BCUT2D eigenvalue weighted by Crippen LogP contribution is -2.41. The monoisotopic (exact) mass is 199 g/mol. The average molecular weight is 199 g/mol. The molecule has 0 aromatic rings. The lowest BCUT2D eigenvalue weighted by atomic mass is 10.1. The van der Waals surface area contributed by atoms with Crippen molar-refractivity contribution in [3.8, 4) is 0 Å². The zero-order chi connectivity index (χ0) is 10.6. The minimum atomic E-state index is -0.288. The second-order valence-corrected chi connectivity index (χ2v) is 5.12. The maximum Gasteiger partial charge on any atom is 0.407 e. The zero-order valence-electron chi connectivity index (χ0n) is 9.43. The summed E-state index contributed by atoms with van der Waals surface area (Å²) in [4.78, 5) is 11.3. The molecule has 1 rings (SSSR count). The van der Waals surface area contributed by atoms with Crippen LogP contribution in [-0.4, -0.2) is 18.2 Å². The molecule has 1 amide bonds. The lowest BCUT2D eigenvalue weighted by Gasteiger charge is -2.20. The Labute approximate surface area is 86.2 Å². The van der Waals surface area contributed by atoms with E-state index in [0.717, 1.165) is 0 Å². The SMILES string of the molecule is CC(C)(C)NC(=O)OCC1CCCC1. The first-order chi connectivity index (χ1) is 6.47. The van der Waals surface area contributed by atoms with Crippen LogP contribution in [0.25, 0.3) is 0 Å². The van der Waals surface area contributed by atoms with Crippen molar-refractivity contribution in [2.75, 3.05) is 6.61 Å². The Hall–Kier alpha value is -0.730. The molecule has 3 heteroatoms. The zero-order valence-corrected chi connectivity index (χ0v) is 9.43. The molecule has 1 aliphatic rings. The summed E-state index contributed by atoms with van der Waals surface area (Å²) in [6.07, 6.45) is 4.71.